The third-order valence-electron chi connectivity index (χ3n) is 5.76. The Morgan fingerprint density at radius 3 is 2.46 bits per heavy atom. The number of ether oxygens (including phenoxy) is 1. The van der Waals surface area contributed by atoms with Gasteiger partial charge >= 0.3 is 0 Å². The van der Waals surface area contributed by atoms with Crippen LogP contribution in [0.3, 0.4) is 0 Å². The van der Waals surface area contributed by atoms with Gasteiger partial charge < -0.3 is 19.9 Å². The number of benzene rings is 2. The van der Waals surface area contributed by atoms with Gasteiger partial charge in [-0.15, -0.1) is 10.2 Å². The zero-order chi connectivity index (χ0) is 24.6. The van der Waals surface area contributed by atoms with E-state index in [4.69, 9.17) is 4.74 Å². The Morgan fingerprint density at radius 2 is 1.80 bits per heavy atom. The lowest BCUT2D eigenvalue weighted by Gasteiger charge is -2.31. The van der Waals surface area contributed by atoms with Gasteiger partial charge in [-0.1, -0.05) is 41.6 Å². The van der Waals surface area contributed by atoms with Crippen LogP contribution in [0.1, 0.15) is 27.5 Å². The van der Waals surface area contributed by atoms with Gasteiger partial charge in [-0.25, -0.2) is 0 Å². The molecule has 0 radical (unpaired) electrons. The molecule has 9 nitrogen and oxygen atoms in total. The van der Waals surface area contributed by atoms with Crippen LogP contribution in [0, 0.1) is 6.92 Å². The molecule has 2 N–H and O–H groups in total. The Kier molecular flexibility index (Phi) is 8.51. The molecule has 0 unspecified atom stereocenters. The number of carbonyl (C=O) groups is 2. The lowest BCUT2D eigenvalue weighted by molar-refractivity contribution is -0.113. The van der Waals surface area contributed by atoms with Crippen LogP contribution >= 0.6 is 11.8 Å². The second-order valence-electron chi connectivity index (χ2n) is 8.49. The molecule has 0 bridgehead atoms. The quantitative estimate of drug-likeness (QED) is 0.441. The minimum atomic E-state index is -0.153. The molecule has 1 atom stereocenters. The minimum Gasteiger partial charge on any atom is -0.379 e. The number of hydrogen-bond donors (Lipinski definition) is 2. The maximum absolute atomic E-state index is 13.1. The van der Waals surface area contributed by atoms with E-state index in [1.807, 2.05) is 14.0 Å². The summed E-state index contributed by atoms with van der Waals surface area (Å²) in [5, 5.41) is 14.5. The zero-order valence-corrected chi connectivity index (χ0v) is 20.8. The molecule has 4 rings (SSSR count). The van der Waals surface area contributed by atoms with Crippen molar-refractivity contribution in [1.82, 2.24) is 25.0 Å². The number of aryl methyl sites for hydroxylation is 2. The first-order chi connectivity index (χ1) is 17.0. The van der Waals surface area contributed by atoms with Gasteiger partial charge in [0.1, 0.15) is 6.33 Å². The van der Waals surface area contributed by atoms with E-state index in [0.29, 0.717) is 29.6 Å². The Bertz CT molecular complexity index is 1130. The molecule has 0 saturated carbocycles. The number of rotatable bonds is 9. The van der Waals surface area contributed by atoms with Crippen molar-refractivity contribution in [3.05, 3.63) is 71.5 Å². The van der Waals surface area contributed by atoms with Gasteiger partial charge in [-0.2, -0.15) is 0 Å². The molecule has 1 saturated heterocycles. The summed E-state index contributed by atoms with van der Waals surface area (Å²) < 4.78 is 7.22. The number of thioether (sulfide) groups is 1. The number of morpholine rings is 1. The lowest BCUT2D eigenvalue weighted by Crippen LogP contribution is -2.43. The highest BCUT2D eigenvalue weighted by Crippen LogP contribution is 2.19. The maximum atomic E-state index is 13.1. The molecule has 3 aromatic rings. The van der Waals surface area contributed by atoms with Crippen molar-refractivity contribution < 1.29 is 14.3 Å². The van der Waals surface area contributed by atoms with Crippen LogP contribution in [0.5, 0.6) is 0 Å². The minimum absolute atomic E-state index is 0.141. The number of carbonyl (C=O) groups excluding carboxylic acids is 2. The number of anilines is 1. The third kappa shape index (κ3) is 7.14. The molecule has 0 spiro atoms. The smallest absolute Gasteiger partial charge is 0.251 e. The van der Waals surface area contributed by atoms with E-state index < -0.39 is 0 Å². The summed E-state index contributed by atoms with van der Waals surface area (Å²) in [6.07, 6.45) is 1.59. The fourth-order valence-electron chi connectivity index (χ4n) is 3.75. The molecule has 35 heavy (non-hydrogen) atoms. The third-order valence-corrected chi connectivity index (χ3v) is 6.80. The molecule has 2 amide bonds. The van der Waals surface area contributed by atoms with E-state index in [0.717, 1.165) is 25.2 Å². The average Bonchev–Trinajstić information content (AvgIpc) is 3.28. The number of aromatic nitrogens is 3. The Hall–Kier alpha value is -3.21. The van der Waals surface area contributed by atoms with Crippen molar-refractivity contribution in [2.24, 2.45) is 7.05 Å². The topological polar surface area (TPSA) is 101 Å². The van der Waals surface area contributed by atoms with Crippen molar-refractivity contribution in [2.75, 3.05) is 43.9 Å². The van der Waals surface area contributed by atoms with E-state index in [1.165, 1.54) is 17.3 Å². The molecule has 2 aromatic carbocycles. The highest BCUT2D eigenvalue weighted by atomic mass is 32.2. The van der Waals surface area contributed by atoms with Gasteiger partial charge in [0, 0.05) is 37.9 Å². The fraction of sp³-hybridized carbons (Fsp3) is 0.360. The summed E-state index contributed by atoms with van der Waals surface area (Å²) >= 11 is 1.31. The van der Waals surface area contributed by atoms with Crippen molar-refractivity contribution in [2.45, 2.75) is 18.1 Å². The summed E-state index contributed by atoms with van der Waals surface area (Å²) in [4.78, 5) is 27.7. The van der Waals surface area contributed by atoms with Gasteiger partial charge in [0.05, 0.1) is 25.0 Å². The van der Waals surface area contributed by atoms with E-state index in [2.05, 4.69) is 50.0 Å². The van der Waals surface area contributed by atoms with Crippen LogP contribution in [0.25, 0.3) is 0 Å². The van der Waals surface area contributed by atoms with E-state index in [1.54, 1.807) is 35.2 Å². The fourth-order valence-corrected chi connectivity index (χ4v) is 4.44. The summed E-state index contributed by atoms with van der Waals surface area (Å²) in [5.41, 5.74) is 3.42. The van der Waals surface area contributed by atoms with Gasteiger partial charge in [0.25, 0.3) is 5.91 Å². The van der Waals surface area contributed by atoms with Crippen LogP contribution in [-0.2, 0) is 16.6 Å². The Balaban J connectivity index is 1.36. The van der Waals surface area contributed by atoms with Crippen LogP contribution in [0.15, 0.2) is 60.0 Å². The maximum Gasteiger partial charge on any atom is 0.251 e. The van der Waals surface area contributed by atoms with E-state index in [9.17, 15) is 9.59 Å². The zero-order valence-electron chi connectivity index (χ0n) is 19.9. The highest BCUT2D eigenvalue weighted by Gasteiger charge is 2.21. The molecular formula is C25H30N6O3S. The van der Waals surface area contributed by atoms with Crippen molar-refractivity contribution in [1.29, 1.82) is 0 Å². The predicted octanol–water partition coefficient (Wildman–Crippen LogP) is 2.66. The molecule has 0 aliphatic carbocycles. The molecular weight excluding hydrogens is 464 g/mol. The summed E-state index contributed by atoms with van der Waals surface area (Å²) in [6.45, 7) is 5.88. The first-order valence-corrected chi connectivity index (χ1v) is 12.5. The van der Waals surface area contributed by atoms with Crippen LogP contribution in [0.2, 0.25) is 0 Å². The SMILES string of the molecule is Cc1ccc([C@@H](CN2CCOCC2)NC(=O)c2ccc(NC(=O)CSc3nncn3C)cc2)cc1. The van der Waals surface area contributed by atoms with Crippen molar-refractivity contribution >= 4 is 29.3 Å². The molecule has 2 heterocycles. The Labute approximate surface area is 209 Å². The van der Waals surface area contributed by atoms with Gasteiger partial charge in [0.15, 0.2) is 5.16 Å². The normalized spacial score (nSPS) is 14.9. The average molecular weight is 495 g/mol. The first-order valence-electron chi connectivity index (χ1n) is 11.5. The molecule has 1 fully saturated rings. The molecule has 1 aliphatic heterocycles. The standard InChI is InChI=1S/C25H30N6O3S/c1-18-3-5-19(6-4-18)22(15-31-11-13-34-14-12-31)28-24(33)20-7-9-21(10-8-20)27-23(32)16-35-25-29-26-17-30(25)2/h3-10,17,22H,11-16H2,1-2H3,(H,27,32)(H,28,33)/t22-/m1/s1. The summed E-state index contributed by atoms with van der Waals surface area (Å²) in [6, 6.07) is 15.0. The predicted molar refractivity (Wildman–Crippen MR) is 135 cm³/mol. The molecule has 184 valence electrons. The summed E-state index contributed by atoms with van der Waals surface area (Å²) in [5.74, 6) is -0.0890. The highest BCUT2D eigenvalue weighted by molar-refractivity contribution is 7.99. The number of hydrogen-bond acceptors (Lipinski definition) is 7. The second-order valence-corrected chi connectivity index (χ2v) is 9.43. The molecule has 10 heteroatoms. The van der Waals surface area contributed by atoms with Crippen LogP contribution in [-0.4, -0.2) is 70.1 Å². The molecule has 1 aromatic heterocycles. The van der Waals surface area contributed by atoms with Gasteiger partial charge in [-0.3, -0.25) is 14.5 Å². The Morgan fingerprint density at radius 1 is 1.09 bits per heavy atom. The lowest BCUT2D eigenvalue weighted by atomic mass is 10.0. The number of nitrogens with one attached hydrogen (secondary N) is 2. The largest absolute Gasteiger partial charge is 0.379 e. The monoisotopic (exact) mass is 494 g/mol. The van der Waals surface area contributed by atoms with E-state index >= 15 is 0 Å². The van der Waals surface area contributed by atoms with Gasteiger partial charge in [-0.05, 0) is 36.8 Å². The van der Waals surface area contributed by atoms with Crippen molar-refractivity contribution in [3.63, 3.8) is 0 Å². The van der Waals surface area contributed by atoms with Gasteiger partial charge in [0.2, 0.25) is 5.91 Å². The van der Waals surface area contributed by atoms with E-state index in [-0.39, 0.29) is 23.6 Å². The summed E-state index contributed by atoms with van der Waals surface area (Å²) in [7, 11) is 1.83. The number of amides is 2. The molecule has 1 aliphatic rings. The second kappa shape index (κ2) is 12.0. The first kappa shape index (κ1) is 24.9. The number of nitrogens with zero attached hydrogens (tertiary/aromatic N) is 4. The van der Waals surface area contributed by atoms with Crippen LogP contribution < -0.4 is 10.6 Å². The van der Waals surface area contributed by atoms with Crippen LogP contribution in [0.4, 0.5) is 5.69 Å². The van der Waals surface area contributed by atoms with Crippen molar-refractivity contribution in [3.8, 4) is 0 Å².